The first-order valence-corrected chi connectivity index (χ1v) is 5.13. The van der Waals surface area contributed by atoms with Gasteiger partial charge >= 0.3 is 0 Å². The summed E-state index contributed by atoms with van der Waals surface area (Å²) in [6, 6.07) is 5.48. The minimum absolute atomic E-state index is 0.359. The molecule has 72 valence electrons. The quantitative estimate of drug-likeness (QED) is 0.880. The van der Waals surface area contributed by atoms with Gasteiger partial charge in [0.25, 0.3) is 0 Å². The van der Waals surface area contributed by atoms with E-state index in [0.717, 1.165) is 10.2 Å². The fourth-order valence-electron chi connectivity index (χ4n) is 0.891. The highest BCUT2D eigenvalue weighted by atomic mass is 79.9. The first-order valence-electron chi connectivity index (χ1n) is 3.96. The Labute approximate surface area is 91.0 Å². The van der Waals surface area contributed by atoms with Crippen LogP contribution in [-0.4, -0.2) is 17.8 Å². The van der Waals surface area contributed by atoms with Crippen LogP contribution >= 0.6 is 27.5 Å². The van der Waals surface area contributed by atoms with Crippen LogP contribution in [0.25, 0.3) is 0 Å². The monoisotopic (exact) mass is 263 g/mol. The lowest BCUT2D eigenvalue weighted by Crippen LogP contribution is -2.15. The van der Waals surface area contributed by atoms with E-state index < -0.39 is 0 Å². The summed E-state index contributed by atoms with van der Waals surface area (Å²) in [5.74, 6) is 0. The molecule has 1 aromatic rings. The summed E-state index contributed by atoms with van der Waals surface area (Å²) in [7, 11) is 0. The van der Waals surface area contributed by atoms with Gasteiger partial charge in [0.1, 0.15) is 0 Å². The number of benzene rings is 1. The molecule has 2 N–H and O–H groups in total. The number of aliphatic hydroxyl groups excluding tert-OH is 1. The maximum Gasteiger partial charge on any atom is 0.0684 e. The fraction of sp³-hybridized carbons (Fsp3) is 0.333. The first kappa shape index (κ1) is 10.8. The second-order valence-electron chi connectivity index (χ2n) is 2.85. The van der Waals surface area contributed by atoms with Crippen LogP contribution in [0.1, 0.15) is 6.92 Å². The van der Waals surface area contributed by atoms with E-state index >= 15 is 0 Å². The fourth-order valence-corrected chi connectivity index (χ4v) is 1.71. The number of halogens is 2. The van der Waals surface area contributed by atoms with E-state index in [1.165, 1.54) is 0 Å². The highest BCUT2D eigenvalue weighted by Crippen LogP contribution is 2.25. The Kier molecular flexibility index (Phi) is 4.03. The Morgan fingerprint density at radius 1 is 1.62 bits per heavy atom. The zero-order chi connectivity index (χ0) is 9.84. The Morgan fingerprint density at radius 2 is 2.31 bits per heavy atom. The van der Waals surface area contributed by atoms with E-state index in [4.69, 9.17) is 16.7 Å². The zero-order valence-electron chi connectivity index (χ0n) is 7.22. The van der Waals surface area contributed by atoms with Crippen molar-refractivity contribution < 1.29 is 5.11 Å². The van der Waals surface area contributed by atoms with Gasteiger partial charge in [-0.3, -0.25) is 0 Å². The van der Waals surface area contributed by atoms with Crippen LogP contribution in [0.2, 0.25) is 5.02 Å². The van der Waals surface area contributed by atoms with Crippen LogP contribution in [0.15, 0.2) is 22.7 Å². The SMILES string of the molecule is CC(O)CNc1ccc(Cl)cc1Br. The summed E-state index contributed by atoms with van der Waals surface area (Å²) in [5, 5.41) is 12.8. The van der Waals surface area contributed by atoms with Gasteiger partial charge in [-0.25, -0.2) is 0 Å². The largest absolute Gasteiger partial charge is 0.392 e. The Bertz CT molecular complexity index is 291. The van der Waals surface area contributed by atoms with Crippen molar-refractivity contribution in [2.75, 3.05) is 11.9 Å². The molecule has 0 saturated heterocycles. The molecule has 4 heteroatoms. The average molecular weight is 265 g/mol. The third kappa shape index (κ3) is 3.55. The topological polar surface area (TPSA) is 32.3 Å². The van der Waals surface area contributed by atoms with Crippen LogP contribution in [0, 0.1) is 0 Å². The molecule has 0 aliphatic heterocycles. The molecule has 0 aliphatic carbocycles. The van der Waals surface area contributed by atoms with Crippen LogP contribution < -0.4 is 5.32 Å². The van der Waals surface area contributed by atoms with Gasteiger partial charge in [-0.05, 0) is 41.1 Å². The number of rotatable bonds is 3. The number of nitrogens with one attached hydrogen (secondary N) is 1. The minimum Gasteiger partial charge on any atom is -0.392 e. The van der Waals surface area contributed by atoms with Crippen molar-refractivity contribution in [2.45, 2.75) is 13.0 Å². The van der Waals surface area contributed by atoms with Crippen LogP contribution in [-0.2, 0) is 0 Å². The lowest BCUT2D eigenvalue weighted by atomic mass is 10.3. The van der Waals surface area contributed by atoms with Gasteiger partial charge in [0.2, 0.25) is 0 Å². The van der Waals surface area contributed by atoms with Gasteiger partial charge in [-0.2, -0.15) is 0 Å². The van der Waals surface area contributed by atoms with Gasteiger partial charge in [-0.1, -0.05) is 11.6 Å². The predicted octanol–water partition coefficient (Wildman–Crippen LogP) is 2.90. The molecule has 0 aromatic heterocycles. The molecular formula is C9H11BrClNO. The second kappa shape index (κ2) is 4.84. The van der Waals surface area contributed by atoms with Gasteiger partial charge in [-0.15, -0.1) is 0 Å². The first-order chi connectivity index (χ1) is 6.09. The highest BCUT2D eigenvalue weighted by molar-refractivity contribution is 9.10. The second-order valence-corrected chi connectivity index (χ2v) is 4.14. The summed E-state index contributed by atoms with van der Waals surface area (Å²) in [6.07, 6.45) is -0.359. The number of anilines is 1. The zero-order valence-corrected chi connectivity index (χ0v) is 9.56. The summed E-state index contributed by atoms with van der Waals surface area (Å²) in [6.45, 7) is 2.26. The Balaban J connectivity index is 2.67. The van der Waals surface area contributed by atoms with Crippen LogP contribution in [0.3, 0.4) is 0 Å². The molecule has 1 unspecified atom stereocenters. The molecule has 0 fully saturated rings. The molecular weight excluding hydrogens is 253 g/mol. The molecule has 0 radical (unpaired) electrons. The summed E-state index contributed by atoms with van der Waals surface area (Å²) >= 11 is 9.14. The smallest absolute Gasteiger partial charge is 0.0684 e. The average Bonchev–Trinajstić information content (AvgIpc) is 2.02. The molecule has 0 spiro atoms. The van der Waals surface area contributed by atoms with E-state index in [1.807, 2.05) is 12.1 Å². The van der Waals surface area contributed by atoms with Crippen molar-refractivity contribution in [3.8, 4) is 0 Å². The maximum atomic E-state index is 9.06. The Hall–Kier alpha value is -0.250. The number of aliphatic hydroxyl groups is 1. The number of hydrogen-bond donors (Lipinski definition) is 2. The van der Waals surface area contributed by atoms with Gasteiger partial charge in [0.05, 0.1) is 6.10 Å². The summed E-state index contributed by atoms with van der Waals surface area (Å²) in [5.41, 5.74) is 0.935. The summed E-state index contributed by atoms with van der Waals surface area (Å²) < 4.78 is 0.903. The third-order valence-electron chi connectivity index (χ3n) is 1.52. The summed E-state index contributed by atoms with van der Waals surface area (Å²) in [4.78, 5) is 0. The van der Waals surface area contributed by atoms with Gasteiger partial charge in [0.15, 0.2) is 0 Å². The maximum absolute atomic E-state index is 9.06. The molecule has 0 aliphatic rings. The minimum atomic E-state index is -0.359. The van der Waals surface area contributed by atoms with E-state index in [9.17, 15) is 0 Å². The molecule has 1 aromatic carbocycles. The molecule has 0 saturated carbocycles. The normalized spacial score (nSPS) is 12.6. The third-order valence-corrected chi connectivity index (χ3v) is 2.41. The van der Waals surface area contributed by atoms with Crippen LogP contribution in [0.5, 0.6) is 0 Å². The highest BCUT2D eigenvalue weighted by Gasteiger charge is 2.01. The lowest BCUT2D eigenvalue weighted by Gasteiger charge is -2.10. The van der Waals surface area contributed by atoms with Crippen molar-refractivity contribution in [1.29, 1.82) is 0 Å². The predicted molar refractivity (Wildman–Crippen MR) is 59.3 cm³/mol. The van der Waals surface area contributed by atoms with Gasteiger partial charge in [0, 0.05) is 21.7 Å². The standard InChI is InChI=1S/C9H11BrClNO/c1-6(13)5-12-9-3-2-7(11)4-8(9)10/h2-4,6,12-13H,5H2,1H3. The van der Waals surface area contributed by atoms with E-state index in [-0.39, 0.29) is 6.10 Å². The lowest BCUT2D eigenvalue weighted by molar-refractivity contribution is 0.208. The van der Waals surface area contributed by atoms with E-state index in [0.29, 0.717) is 11.6 Å². The molecule has 2 nitrogen and oxygen atoms in total. The van der Waals surface area contributed by atoms with Crippen molar-refractivity contribution in [1.82, 2.24) is 0 Å². The van der Waals surface area contributed by atoms with Crippen molar-refractivity contribution in [2.24, 2.45) is 0 Å². The Morgan fingerprint density at radius 3 is 2.85 bits per heavy atom. The van der Waals surface area contributed by atoms with Gasteiger partial charge < -0.3 is 10.4 Å². The molecule has 13 heavy (non-hydrogen) atoms. The van der Waals surface area contributed by atoms with Crippen LogP contribution in [0.4, 0.5) is 5.69 Å². The molecule has 0 heterocycles. The molecule has 1 atom stereocenters. The van der Waals surface area contributed by atoms with E-state index in [2.05, 4.69) is 21.2 Å². The van der Waals surface area contributed by atoms with Crippen molar-refractivity contribution in [3.63, 3.8) is 0 Å². The van der Waals surface area contributed by atoms with E-state index in [1.54, 1.807) is 13.0 Å². The van der Waals surface area contributed by atoms with Crippen molar-refractivity contribution in [3.05, 3.63) is 27.7 Å². The molecule has 0 amide bonds. The van der Waals surface area contributed by atoms with Crippen molar-refractivity contribution >= 4 is 33.2 Å². The molecule has 0 bridgehead atoms. The molecule has 1 rings (SSSR count). The number of hydrogen-bond acceptors (Lipinski definition) is 2.